The molecule has 2 rings (SSSR count). The summed E-state index contributed by atoms with van der Waals surface area (Å²) >= 11 is 5.71. The van der Waals surface area contributed by atoms with Crippen molar-refractivity contribution in [3.05, 3.63) is 29.0 Å². The van der Waals surface area contributed by atoms with Crippen molar-refractivity contribution < 1.29 is 4.79 Å². The molecule has 5 heteroatoms. The summed E-state index contributed by atoms with van der Waals surface area (Å²) in [7, 11) is 1.70. The van der Waals surface area contributed by atoms with Crippen LogP contribution in [0.5, 0.6) is 0 Å². The van der Waals surface area contributed by atoms with E-state index in [0.717, 1.165) is 32.1 Å². The zero-order valence-corrected chi connectivity index (χ0v) is 11.7. The molecule has 0 aliphatic heterocycles. The summed E-state index contributed by atoms with van der Waals surface area (Å²) in [6.45, 7) is 0. The van der Waals surface area contributed by atoms with E-state index in [2.05, 4.69) is 11.1 Å². The van der Waals surface area contributed by atoms with Gasteiger partial charge in [-0.25, -0.2) is 4.98 Å². The molecule has 1 aliphatic carbocycles. The van der Waals surface area contributed by atoms with Crippen molar-refractivity contribution in [3.63, 3.8) is 0 Å². The molecule has 0 bridgehead atoms. The molecule has 0 radical (unpaired) electrons. The Morgan fingerprint density at radius 3 is 2.63 bits per heavy atom. The maximum absolute atomic E-state index is 12.4. The first kappa shape index (κ1) is 13.8. The van der Waals surface area contributed by atoms with Crippen LogP contribution in [0.3, 0.4) is 0 Å². The molecular formula is C14H16ClN3O. The number of hydrogen-bond donors (Lipinski definition) is 0. The molecule has 1 aliphatic rings. The number of pyridine rings is 1. The summed E-state index contributed by atoms with van der Waals surface area (Å²) in [5.74, 6) is -0.174. The summed E-state index contributed by atoms with van der Waals surface area (Å²) in [5, 5.41) is 9.82. The van der Waals surface area contributed by atoms with Crippen molar-refractivity contribution in [2.75, 3.05) is 7.05 Å². The van der Waals surface area contributed by atoms with Gasteiger partial charge in [0, 0.05) is 13.2 Å². The maximum Gasteiger partial charge on any atom is 0.256 e. The zero-order valence-electron chi connectivity index (χ0n) is 10.9. The summed E-state index contributed by atoms with van der Waals surface area (Å²) in [6, 6.07) is 5.56. The molecule has 1 aromatic heterocycles. The van der Waals surface area contributed by atoms with Gasteiger partial charge in [-0.2, -0.15) is 5.26 Å². The quantitative estimate of drug-likeness (QED) is 0.781. The van der Waals surface area contributed by atoms with Crippen LogP contribution in [0, 0.1) is 11.3 Å². The monoisotopic (exact) mass is 277 g/mol. The standard InChI is InChI=1S/C14H16ClN3O/c1-18(14(10-16)7-3-2-4-8-14)13(19)11-5-6-12(15)17-9-11/h5-6,9H,2-4,7-8H2,1H3. The van der Waals surface area contributed by atoms with E-state index < -0.39 is 5.54 Å². The van der Waals surface area contributed by atoms with Crippen molar-refractivity contribution >= 4 is 17.5 Å². The van der Waals surface area contributed by atoms with Gasteiger partial charge in [-0.15, -0.1) is 0 Å². The highest BCUT2D eigenvalue weighted by Gasteiger charge is 2.39. The van der Waals surface area contributed by atoms with Gasteiger partial charge < -0.3 is 4.90 Å². The first-order valence-corrected chi connectivity index (χ1v) is 6.78. The van der Waals surface area contributed by atoms with Crippen molar-refractivity contribution in [2.45, 2.75) is 37.6 Å². The molecule has 0 aromatic carbocycles. The van der Waals surface area contributed by atoms with Crippen LogP contribution in [0.1, 0.15) is 42.5 Å². The van der Waals surface area contributed by atoms with E-state index in [0.29, 0.717) is 10.7 Å². The number of carbonyl (C=O) groups is 1. The maximum atomic E-state index is 12.4. The van der Waals surface area contributed by atoms with Crippen LogP contribution < -0.4 is 0 Å². The minimum atomic E-state index is -0.672. The molecular weight excluding hydrogens is 262 g/mol. The molecule has 0 N–H and O–H groups in total. The van der Waals surface area contributed by atoms with E-state index in [1.165, 1.54) is 6.20 Å². The molecule has 19 heavy (non-hydrogen) atoms. The summed E-state index contributed by atoms with van der Waals surface area (Å²) in [5.41, 5.74) is -0.207. The molecule has 0 spiro atoms. The second-order valence-electron chi connectivity index (χ2n) is 4.94. The molecule has 4 nitrogen and oxygen atoms in total. The zero-order chi connectivity index (χ0) is 13.9. The summed E-state index contributed by atoms with van der Waals surface area (Å²) in [6.07, 6.45) is 6.05. The predicted octanol–water partition coefficient (Wildman–Crippen LogP) is 3.03. The highest BCUT2D eigenvalue weighted by Crippen LogP contribution is 2.33. The van der Waals surface area contributed by atoms with E-state index >= 15 is 0 Å². The average Bonchev–Trinajstić information content (AvgIpc) is 2.47. The SMILES string of the molecule is CN(C(=O)c1ccc(Cl)nc1)C1(C#N)CCCCC1. The lowest BCUT2D eigenvalue weighted by Crippen LogP contribution is -2.49. The Balaban J connectivity index is 2.22. The number of hydrogen-bond acceptors (Lipinski definition) is 3. The van der Waals surface area contributed by atoms with Crippen LogP contribution in [-0.4, -0.2) is 28.4 Å². The van der Waals surface area contributed by atoms with Crippen molar-refractivity contribution in [1.82, 2.24) is 9.88 Å². The van der Waals surface area contributed by atoms with Crippen LogP contribution >= 0.6 is 11.6 Å². The van der Waals surface area contributed by atoms with Crippen molar-refractivity contribution in [1.29, 1.82) is 5.26 Å². The van der Waals surface area contributed by atoms with Gasteiger partial charge in [0.15, 0.2) is 0 Å². The Morgan fingerprint density at radius 1 is 1.42 bits per heavy atom. The molecule has 100 valence electrons. The topological polar surface area (TPSA) is 57.0 Å². The Morgan fingerprint density at radius 2 is 2.11 bits per heavy atom. The van der Waals surface area contributed by atoms with E-state index in [-0.39, 0.29) is 5.91 Å². The number of aromatic nitrogens is 1. The second-order valence-corrected chi connectivity index (χ2v) is 5.33. The first-order valence-electron chi connectivity index (χ1n) is 6.40. The molecule has 0 unspecified atom stereocenters. The Hall–Kier alpha value is -1.60. The summed E-state index contributed by atoms with van der Waals surface area (Å²) in [4.78, 5) is 17.9. The Labute approximate surface area is 118 Å². The van der Waals surface area contributed by atoms with E-state index in [4.69, 9.17) is 11.6 Å². The van der Waals surface area contributed by atoms with E-state index in [1.807, 2.05) is 0 Å². The Bertz CT molecular complexity index is 500. The second kappa shape index (κ2) is 5.58. The minimum Gasteiger partial charge on any atom is -0.323 e. The molecule has 1 amide bonds. The number of rotatable bonds is 2. The molecule has 0 atom stereocenters. The lowest BCUT2D eigenvalue weighted by atomic mass is 9.81. The number of amides is 1. The van der Waals surface area contributed by atoms with Gasteiger partial charge in [-0.3, -0.25) is 4.79 Å². The normalized spacial score (nSPS) is 17.5. The fourth-order valence-corrected chi connectivity index (χ4v) is 2.66. The lowest BCUT2D eigenvalue weighted by Gasteiger charge is -2.39. The third kappa shape index (κ3) is 2.71. The fourth-order valence-electron chi connectivity index (χ4n) is 2.55. The van der Waals surface area contributed by atoms with Gasteiger partial charge in [0.05, 0.1) is 11.6 Å². The van der Waals surface area contributed by atoms with Gasteiger partial charge in [-0.05, 0) is 25.0 Å². The van der Waals surface area contributed by atoms with Crippen LogP contribution in [0.15, 0.2) is 18.3 Å². The largest absolute Gasteiger partial charge is 0.323 e. The van der Waals surface area contributed by atoms with Crippen LogP contribution in [0.4, 0.5) is 0 Å². The third-order valence-electron chi connectivity index (χ3n) is 3.81. The van der Waals surface area contributed by atoms with Gasteiger partial charge in [0.2, 0.25) is 0 Å². The van der Waals surface area contributed by atoms with Crippen LogP contribution in [0.2, 0.25) is 5.15 Å². The molecule has 1 aromatic rings. The molecule has 1 fully saturated rings. The minimum absolute atomic E-state index is 0.174. The number of nitrogens with zero attached hydrogens (tertiary/aromatic N) is 3. The van der Waals surface area contributed by atoms with Crippen molar-refractivity contribution in [2.24, 2.45) is 0 Å². The molecule has 1 saturated carbocycles. The van der Waals surface area contributed by atoms with Gasteiger partial charge in [0.1, 0.15) is 10.7 Å². The van der Waals surface area contributed by atoms with E-state index in [9.17, 15) is 10.1 Å². The predicted molar refractivity (Wildman–Crippen MR) is 72.8 cm³/mol. The fraction of sp³-hybridized carbons (Fsp3) is 0.500. The number of nitriles is 1. The average molecular weight is 278 g/mol. The molecule has 1 heterocycles. The van der Waals surface area contributed by atoms with E-state index in [1.54, 1.807) is 24.1 Å². The third-order valence-corrected chi connectivity index (χ3v) is 4.03. The molecule has 0 saturated heterocycles. The summed E-state index contributed by atoms with van der Waals surface area (Å²) < 4.78 is 0. The van der Waals surface area contributed by atoms with Gasteiger partial charge in [0.25, 0.3) is 5.91 Å². The first-order chi connectivity index (χ1) is 9.09. The van der Waals surface area contributed by atoms with Gasteiger partial charge in [-0.1, -0.05) is 30.9 Å². The van der Waals surface area contributed by atoms with Crippen LogP contribution in [0.25, 0.3) is 0 Å². The highest BCUT2D eigenvalue weighted by molar-refractivity contribution is 6.29. The Kier molecular flexibility index (Phi) is 4.06. The van der Waals surface area contributed by atoms with Gasteiger partial charge >= 0.3 is 0 Å². The smallest absolute Gasteiger partial charge is 0.256 e. The van der Waals surface area contributed by atoms with Crippen molar-refractivity contribution in [3.8, 4) is 6.07 Å². The lowest BCUT2D eigenvalue weighted by molar-refractivity contribution is 0.0588. The number of carbonyl (C=O) groups excluding carboxylic acids is 1. The van der Waals surface area contributed by atoms with Crippen LogP contribution in [-0.2, 0) is 0 Å². The number of halogens is 1. The highest BCUT2D eigenvalue weighted by atomic mass is 35.5.